The molecule has 0 aromatic rings. The van der Waals surface area contributed by atoms with Crippen LogP contribution in [0.4, 0.5) is 0 Å². The van der Waals surface area contributed by atoms with Gasteiger partial charge in [-0.3, -0.25) is 4.79 Å². The van der Waals surface area contributed by atoms with Crippen LogP contribution in [-0.2, 0) is 4.79 Å². The molecule has 0 spiro atoms. The van der Waals surface area contributed by atoms with E-state index in [-0.39, 0.29) is 5.75 Å². The van der Waals surface area contributed by atoms with Crippen LogP contribution in [0.3, 0.4) is 0 Å². The Bertz CT molecular complexity index is 179. The highest BCUT2D eigenvalue weighted by Gasteiger charge is 2.44. The van der Waals surface area contributed by atoms with Gasteiger partial charge in [-0.15, -0.1) is 0 Å². The number of carbonyl (C=O) groups is 1. The highest BCUT2D eigenvalue weighted by atomic mass is 32.1. The molecule has 2 atom stereocenters. The van der Waals surface area contributed by atoms with Crippen LogP contribution in [0.15, 0.2) is 0 Å². The zero-order valence-electron chi connectivity index (χ0n) is 6.64. The van der Waals surface area contributed by atoms with E-state index in [1.54, 1.807) is 0 Å². The van der Waals surface area contributed by atoms with E-state index in [4.69, 9.17) is 20.9 Å². The molecule has 0 aromatic heterocycles. The maximum atomic E-state index is 10.6. The molecule has 0 aliphatic heterocycles. The number of carboxylic acid groups (broad SMARTS) is 1. The highest BCUT2D eigenvalue weighted by Crippen LogP contribution is 2.23. The third-order valence-corrected chi connectivity index (χ3v) is 2.44. The zero-order chi connectivity index (χ0) is 9.94. The number of thiol groups is 1. The molecule has 0 rings (SSSR count). The van der Waals surface area contributed by atoms with E-state index >= 15 is 0 Å². The minimum absolute atomic E-state index is 0.152. The molecule has 0 fully saturated rings. The zero-order valence-corrected chi connectivity index (χ0v) is 7.53. The highest BCUT2D eigenvalue weighted by molar-refractivity contribution is 7.80. The lowest BCUT2D eigenvalue weighted by atomic mass is 9.64. The van der Waals surface area contributed by atoms with Gasteiger partial charge in [0.1, 0.15) is 5.54 Å². The molecule has 0 aliphatic rings. The SMILES string of the molecule is CC(B(O)O)[C@](N)(CS)C(=O)O. The lowest BCUT2D eigenvalue weighted by Crippen LogP contribution is -2.56. The largest absolute Gasteiger partial charge is 0.480 e. The van der Waals surface area contributed by atoms with Gasteiger partial charge in [-0.25, -0.2) is 0 Å². The summed E-state index contributed by atoms with van der Waals surface area (Å²) in [6.45, 7) is 1.34. The first-order chi connectivity index (χ1) is 5.36. The summed E-state index contributed by atoms with van der Waals surface area (Å²) >= 11 is 3.75. The molecule has 7 heteroatoms. The number of carboxylic acids is 1. The van der Waals surface area contributed by atoms with Crippen molar-refractivity contribution < 1.29 is 19.9 Å². The third-order valence-electron chi connectivity index (χ3n) is 1.92. The van der Waals surface area contributed by atoms with Crippen molar-refractivity contribution in [3.8, 4) is 0 Å². The topological polar surface area (TPSA) is 104 Å². The molecular weight excluding hydrogens is 181 g/mol. The predicted octanol–water partition coefficient (Wildman–Crippen LogP) is -1.44. The summed E-state index contributed by atoms with van der Waals surface area (Å²) in [7, 11) is -1.75. The van der Waals surface area contributed by atoms with Crippen LogP contribution in [0.2, 0.25) is 5.82 Å². The maximum absolute atomic E-state index is 10.6. The number of aliphatic carboxylic acids is 1. The first kappa shape index (κ1) is 11.8. The van der Waals surface area contributed by atoms with E-state index in [9.17, 15) is 4.79 Å². The second-order valence-electron chi connectivity index (χ2n) is 2.71. The van der Waals surface area contributed by atoms with Crippen molar-refractivity contribution in [3.05, 3.63) is 0 Å². The van der Waals surface area contributed by atoms with Gasteiger partial charge in [0.2, 0.25) is 0 Å². The summed E-state index contributed by atoms with van der Waals surface area (Å²) in [5.41, 5.74) is 3.69. The van der Waals surface area contributed by atoms with Crippen molar-refractivity contribution in [2.75, 3.05) is 5.75 Å². The van der Waals surface area contributed by atoms with Crippen LogP contribution in [0.1, 0.15) is 6.92 Å². The molecule has 0 radical (unpaired) electrons. The Kier molecular flexibility index (Phi) is 4.05. The van der Waals surface area contributed by atoms with Crippen molar-refractivity contribution in [1.29, 1.82) is 0 Å². The fourth-order valence-electron chi connectivity index (χ4n) is 0.672. The van der Waals surface area contributed by atoms with Gasteiger partial charge in [-0.1, -0.05) is 6.92 Å². The molecule has 0 aliphatic carbocycles. The number of rotatable bonds is 4. The standard InChI is InChI=1S/C5H12BNO4S/c1-3(6(10)11)5(7,2-12)4(8)9/h3,10-12H,2,7H2,1H3,(H,8,9)/t3?,5-/m1/s1. The Morgan fingerprint density at radius 2 is 2.17 bits per heavy atom. The summed E-state index contributed by atoms with van der Waals surface area (Å²) in [6.07, 6.45) is 0. The monoisotopic (exact) mass is 193 g/mol. The Hall–Kier alpha value is -0.235. The molecule has 5 N–H and O–H groups in total. The van der Waals surface area contributed by atoms with Gasteiger partial charge in [0.25, 0.3) is 0 Å². The average molecular weight is 193 g/mol. The first-order valence-corrected chi connectivity index (χ1v) is 3.98. The molecular formula is C5H12BNO4S. The quantitative estimate of drug-likeness (QED) is 0.278. The van der Waals surface area contributed by atoms with Crippen molar-refractivity contribution in [2.24, 2.45) is 5.73 Å². The smallest absolute Gasteiger partial charge is 0.457 e. The molecule has 0 heterocycles. The normalized spacial score (nSPS) is 18.1. The first-order valence-electron chi connectivity index (χ1n) is 3.35. The average Bonchev–Trinajstić information content (AvgIpc) is 2.01. The van der Waals surface area contributed by atoms with Crippen molar-refractivity contribution in [3.63, 3.8) is 0 Å². The lowest BCUT2D eigenvalue weighted by Gasteiger charge is -2.28. The molecule has 0 bridgehead atoms. The third kappa shape index (κ3) is 2.13. The van der Waals surface area contributed by atoms with E-state index < -0.39 is 24.4 Å². The Balaban J connectivity index is 4.63. The van der Waals surface area contributed by atoms with Crippen LogP contribution < -0.4 is 5.73 Å². The fraction of sp³-hybridized carbons (Fsp3) is 0.800. The van der Waals surface area contributed by atoms with E-state index in [2.05, 4.69) is 12.6 Å². The van der Waals surface area contributed by atoms with Crippen LogP contribution >= 0.6 is 12.6 Å². The lowest BCUT2D eigenvalue weighted by molar-refractivity contribution is -0.142. The summed E-state index contributed by atoms with van der Waals surface area (Å²) in [5.74, 6) is -2.41. The molecule has 0 saturated carbocycles. The minimum Gasteiger partial charge on any atom is -0.480 e. The molecule has 12 heavy (non-hydrogen) atoms. The Morgan fingerprint density at radius 3 is 2.25 bits per heavy atom. The van der Waals surface area contributed by atoms with E-state index in [0.717, 1.165) is 0 Å². The van der Waals surface area contributed by atoms with Gasteiger partial charge in [0.05, 0.1) is 0 Å². The number of nitrogens with two attached hydrogens (primary N) is 1. The van der Waals surface area contributed by atoms with Gasteiger partial charge in [0, 0.05) is 11.6 Å². The summed E-state index contributed by atoms with van der Waals surface area (Å²) in [5, 5.41) is 26.1. The van der Waals surface area contributed by atoms with Crippen LogP contribution in [0.5, 0.6) is 0 Å². The van der Waals surface area contributed by atoms with Gasteiger partial charge in [-0.05, 0) is 0 Å². The fourth-order valence-corrected chi connectivity index (χ4v) is 1.10. The summed E-state index contributed by atoms with van der Waals surface area (Å²) in [6, 6.07) is 0. The van der Waals surface area contributed by atoms with E-state index in [0.29, 0.717) is 0 Å². The van der Waals surface area contributed by atoms with Gasteiger partial charge < -0.3 is 20.9 Å². The van der Waals surface area contributed by atoms with Crippen molar-refractivity contribution in [2.45, 2.75) is 18.3 Å². The van der Waals surface area contributed by atoms with Gasteiger partial charge in [0.15, 0.2) is 0 Å². The molecule has 0 amide bonds. The second kappa shape index (κ2) is 4.13. The van der Waals surface area contributed by atoms with Gasteiger partial charge in [-0.2, -0.15) is 12.6 Å². The van der Waals surface area contributed by atoms with Crippen LogP contribution in [0.25, 0.3) is 0 Å². The number of hydrogen-bond donors (Lipinski definition) is 5. The summed E-state index contributed by atoms with van der Waals surface area (Å²) in [4.78, 5) is 10.6. The van der Waals surface area contributed by atoms with Crippen LogP contribution in [0, 0.1) is 0 Å². The maximum Gasteiger partial charge on any atom is 0.457 e. The van der Waals surface area contributed by atoms with E-state index in [1.807, 2.05) is 0 Å². The van der Waals surface area contributed by atoms with Crippen molar-refractivity contribution >= 4 is 25.7 Å². The molecule has 0 saturated heterocycles. The second-order valence-corrected chi connectivity index (χ2v) is 3.02. The van der Waals surface area contributed by atoms with Gasteiger partial charge >= 0.3 is 13.1 Å². The molecule has 70 valence electrons. The van der Waals surface area contributed by atoms with Crippen LogP contribution in [-0.4, -0.2) is 39.5 Å². The Labute approximate surface area is 76.1 Å². The predicted molar refractivity (Wildman–Crippen MR) is 48.0 cm³/mol. The minimum atomic E-state index is -1.75. The molecule has 1 unspecified atom stereocenters. The van der Waals surface area contributed by atoms with Crippen molar-refractivity contribution in [1.82, 2.24) is 0 Å². The molecule has 0 aromatic carbocycles. The Morgan fingerprint density at radius 1 is 1.75 bits per heavy atom. The number of hydrogen-bond acceptors (Lipinski definition) is 5. The van der Waals surface area contributed by atoms with E-state index in [1.165, 1.54) is 6.92 Å². The summed E-state index contributed by atoms with van der Waals surface area (Å²) < 4.78 is 0. The molecule has 5 nitrogen and oxygen atoms in total.